The normalized spacial score (nSPS) is 23.4. The minimum atomic E-state index is -0.416. The predicted octanol–water partition coefficient (Wildman–Crippen LogP) is 4.59. The smallest absolute Gasteiger partial charge is 0.413 e. The number of carbonyl (C=O) groups is 1. The van der Waals surface area contributed by atoms with E-state index in [4.69, 9.17) is 9.47 Å². The minimum Gasteiger partial charge on any atom is -0.490 e. The predicted molar refractivity (Wildman–Crippen MR) is 117 cm³/mol. The molecule has 2 fully saturated rings. The molecular weight excluding hydrogens is 398 g/mol. The van der Waals surface area contributed by atoms with Crippen LogP contribution < -0.4 is 14.8 Å². The molecule has 5 rings (SSSR count). The van der Waals surface area contributed by atoms with Gasteiger partial charge in [0.2, 0.25) is 5.06 Å². The summed E-state index contributed by atoms with van der Waals surface area (Å²) in [6.45, 7) is 0.985. The van der Waals surface area contributed by atoms with Crippen LogP contribution in [0.3, 0.4) is 0 Å². The second-order valence-corrected chi connectivity index (χ2v) is 9.03. The van der Waals surface area contributed by atoms with Crippen LogP contribution in [0.4, 0.5) is 4.79 Å². The number of hydrogen-bond acceptors (Lipinski definition) is 6. The molecule has 0 aliphatic carbocycles. The van der Waals surface area contributed by atoms with E-state index in [1.807, 2.05) is 12.1 Å². The maximum absolute atomic E-state index is 12.6. The van der Waals surface area contributed by atoms with Gasteiger partial charge in [-0.05, 0) is 43.4 Å². The number of aromatic nitrogens is 1. The van der Waals surface area contributed by atoms with Crippen molar-refractivity contribution in [2.45, 2.75) is 50.4 Å². The van der Waals surface area contributed by atoms with E-state index in [2.05, 4.69) is 45.5 Å². The molecule has 6 nitrogen and oxygen atoms in total. The quantitative estimate of drug-likeness (QED) is 0.650. The SMILES string of the molecule is COc1c(OC(=O)NC2CC3CCC(C2)N3Cc2ccccc2)sc2cccnc12. The number of fused-ring (bicyclic) bond motifs is 3. The van der Waals surface area contributed by atoms with Crippen molar-refractivity contribution in [3.05, 3.63) is 54.2 Å². The number of ether oxygens (including phenoxy) is 2. The number of carbonyl (C=O) groups excluding carboxylic acids is 1. The molecule has 1 amide bonds. The lowest BCUT2D eigenvalue weighted by Crippen LogP contribution is -2.50. The van der Waals surface area contributed by atoms with Crippen LogP contribution in [0.15, 0.2) is 48.7 Å². The third-order valence-corrected chi connectivity index (χ3v) is 7.18. The lowest BCUT2D eigenvalue weighted by molar-refractivity contribution is 0.107. The van der Waals surface area contributed by atoms with Gasteiger partial charge in [0.15, 0.2) is 5.75 Å². The van der Waals surface area contributed by atoms with E-state index >= 15 is 0 Å². The van der Waals surface area contributed by atoms with Crippen LogP contribution in [-0.2, 0) is 6.54 Å². The zero-order valence-corrected chi connectivity index (χ0v) is 17.7. The number of nitrogens with one attached hydrogen (secondary N) is 1. The highest BCUT2D eigenvalue weighted by Gasteiger charge is 2.41. The van der Waals surface area contributed by atoms with Crippen molar-refractivity contribution in [3.63, 3.8) is 0 Å². The fraction of sp³-hybridized carbons (Fsp3) is 0.391. The van der Waals surface area contributed by atoms with Gasteiger partial charge in [-0.1, -0.05) is 41.7 Å². The monoisotopic (exact) mass is 423 g/mol. The molecule has 0 spiro atoms. The molecule has 7 heteroatoms. The van der Waals surface area contributed by atoms with Gasteiger partial charge in [-0.2, -0.15) is 0 Å². The Labute approximate surface area is 179 Å². The van der Waals surface area contributed by atoms with Crippen LogP contribution in [0.1, 0.15) is 31.2 Å². The first-order valence-electron chi connectivity index (χ1n) is 10.4. The molecule has 2 saturated heterocycles. The topological polar surface area (TPSA) is 63.7 Å². The number of piperidine rings is 1. The third kappa shape index (κ3) is 3.75. The number of methoxy groups -OCH3 is 1. The molecule has 2 atom stereocenters. The maximum atomic E-state index is 12.6. The Morgan fingerprint density at radius 1 is 1.17 bits per heavy atom. The summed E-state index contributed by atoms with van der Waals surface area (Å²) < 4.78 is 12.0. The molecule has 0 radical (unpaired) electrons. The van der Waals surface area contributed by atoms with Gasteiger partial charge in [0.25, 0.3) is 0 Å². The minimum absolute atomic E-state index is 0.139. The van der Waals surface area contributed by atoms with E-state index in [1.54, 1.807) is 13.3 Å². The van der Waals surface area contributed by atoms with Crippen molar-refractivity contribution >= 4 is 27.6 Å². The molecule has 2 bridgehead atoms. The molecule has 4 heterocycles. The number of benzene rings is 1. The highest BCUT2D eigenvalue weighted by molar-refractivity contribution is 7.21. The van der Waals surface area contributed by atoms with Crippen molar-refractivity contribution in [2.75, 3.05) is 7.11 Å². The molecule has 1 N–H and O–H groups in total. The average molecular weight is 424 g/mol. The summed E-state index contributed by atoms with van der Waals surface area (Å²) in [4.78, 5) is 19.6. The molecular formula is C23H25N3O3S. The molecule has 2 aliphatic rings. The maximum Gasteiger partial charge on any atom is 0.413 e. The number of pyridine rings is 1. The standard InChI is InChI=1S/C23H25N3O3S/c1-28-21-20-19(8-5-11-24-20)30-22(21)29-23(27)25-16-12-17-9-10-18(13-16)26(17)14-15-6-3-2-4-7-15/h2-8,11,16-18H,9-10,12-14H2,1H3,(H,25,27). The zero-order chi connectivity index (χ0) is 20.5. The molecule has 156 valence electrons. The molecule has 30 heavy (non-hydrogen) atoms. The Hall–Kier alpha value is -2.64. The van der Waals surface area contributed by atoms with E-state index < -0.39 is 6.09 Å². The number of amides is 1. The van der Waals surface area contributed by atoms with Crippen molar-refractivity contribution in [3.8, 4) is 10.8 Å². The first-order chi connectivity index (χ1) is 14.7. The summed E-state index contributed by atoms with van der Waals surface area (Å²) in [6.07, 6.45) is 5.61. The number of rotatable bonds is 5. The highest BCUT2D eigenvalue weighted by Crippen LogP contribution is 2.43. The van der Waals surface area contributed by atoms with Gasteiger partial charge < -0.3 is 14.8 Å². The van der Waals surface area contributed by atoms with Crippen molar-refractivity contribution in [2.24, 2.45) is 0 Å². The first-order valence-corrected chi connectivity index (χ1v) is 11.2. The fourth-order valence-electron chi connectivity index (χ4n) is 4.86. The van der Waals surface area contributed by atoms with Gasteiger partial charge in [0, 0.05) is 30.9 Å². The average Bonchev–Trinajstić information content (AvgIpc) is 3.21. The van der Waals surface area contributed by atoms with E-state index in [1.165, 1.54) is 29.7 Å². The van der Waals surface area contributed by atoms with Crippen LogP contribution >= 0.6 is 11.3 Å². The highest BCUT2D eigenvalue weighted by atomic mass is 32.1. The number of nitrogens with zero attached hydrogens (tertiary/aromatic N) is 2. The van der Waals surface area contributed by atoms with Crippen LogP contribution in [0, 0.1) is 0 Å². The van der Waals surface area contributed by atoms with Crippen molar-refractivity contribution in [1.29, 1.82) is 0 Å². The molecule has 2 unspecified atom stereocenters. The van der Waals surface area contributed by atoms with E-state index in [9.17, 15) is 4.79 Å². The summed E-state index contributed by atoms with van der Waals surface area (Å²) in [5, 5.41) is 3.54. The van der Waals surface area contributed by atoms with Crippen molar-refractivity contribution in [1.82, 2.24) is 15.2 Å². The lowest BCUT2D eigenvalue weighted by Gasteiger charge is -2.39. The Kier molecular flexibility index (Phi) is 5.31. The molecule has 1 aromatic carbocycles. The Morgan fingerprint density at radius 3 is 2.67 bits per heavy atom. The van der Waals surface area contributed by atoms with Crippen molar-refractivity contribution < 1.29 is 14.3 Å². The summed E-state index contributed by atoms with van der Waals surface area (Å²) in [6, 6.07) is 15.6. The van der Waals surface area contributed by atoms with Crippen LogP contribution in [-0.4, -0.2) is 41.2 Å². The van der Waals surface area contributed by atoms with E-state index in [0.29, 0.717) is 22.9 Å². The van der Waals surface area contributed by atoms with Gasteiger partial charge in [-0.3, -0.25) is 9.88 Å². The molecule has 0 saturated carbocycles. The Morgan fingerprint density at radius 2 is 1.93 bits per heavy atom. The molecule has 2 aliphatic heterocycles. The summed E-state index contributed by atoms with van der Waals surface area (Å²) >= 11 is 1.38. The van der Waals surface area contributed by atoms with Crippen LogP contribution in [0.2, 0.25) is 0 Å². The summed E-state index contributed by atoms with van der Waals surface area (Å²) in [7, 11) is 1.57. The summed E-state index contributed by atoms with van der Waals surface area (Å²) in [5.41, 5.74) is 2.07. The third-order valence-electron chi connectivity index (χ3n) is 6.18. The van der Waals surface area contributed by atoms with Gasteiger partial charge in [0.05, 0.1) is 11.8 Å². The van der Waals surface area contributed by atoms with Gasteiger partial charge in [-0.15, -0.1) is 0 Å². The fourth-order valence-corrected chi connectivity index (χ4v) is 5.84. The van der Waals surface area contributed by atoms with Crippen LogP contribution in [0.5, 0.6) is 10.8 Å². The zero-order valence-electron chi connectivity index (χ0n) is 16.9. The molecule has 2 aromatic heterocycles. The Bertz CT molecular complexity index is 1020. The second kappa shape index (κ2) is 8.24. The Balaban J connectivity index is 1.22. The second-order valence-electron chi connectivity index (χ2n) is 8.02. The van der Waals surface area contributed by atoms with Gasteiger partial charge >= 0.3 is 6.09 Å². The largest absolute Gasteiger partial charge is 0.490 e. The first kappa shape index (κ1) is 19.3. The lowest BCUT2D eigenvalue weighted by atomic mass is 9.96. The summed E-state index contributed by atoms with van der Waals surface area (Å²) in [5.74, 6) is 0.517. The van der Waals surface area contributed by atoms with Crippen LogP contribution in [0.25, 0.3) is 10.2 Å². The van der Waals surface area contributed by atoms with Gasteiger partial charge in [-0.25, -0.2) is 4.79 Å². The van der Waals surface area contributed by atoms with Gasteiger partial charge in [0.1, 0.15) is 5.52 Å². The van der Waals surface area contributed by atoms with E-state index in [-0.39, 0.29) is 6.04 Å². The number of hydrogen-bond donors (Lipinski definition) is 1. The molecule has 3 aromatic rings. The number of thiophene rings is 1. The van der Waals surface area contributed by atoms with E-state index in [0.717, 1.165) is 29.6 Å².